The van der Waals surface area contributed by atoms with Crippen LogP contribution in [0.5, 0.6) is 0 Å². The van der Waals surface area contributed by atoms with Gasteiger partial charge in [-0.3, -0.25) is 0 Å². The summed E-state index contributed by atoms with van der Waals surface area (Å²) < 4.78 is 31.7. The zero-order chi connectivity index (χ0) is 17.5. The predicted molar refractivity (Wildman–Crippen MR) is 87.8 cm³/mol. The lowest BCUT2D eigenvalue weighted by Crippen LogP contribution is -2.44. The molecule has 0 saturated heterocycles. The summed E-state index contributed by atoms with van der Waals surface area (Å²) in [4.78, 5) is 15.3. The van der Waals surface area contributed by atoms with Crippen molar-refractivity contribution in [3.05, 3.63) is 23.5 Å². The number of carbonyl (C=O) groups excluding carboxylic acids is 1. The summed E-state index contributed by atoms with van der Waals surface area (Å²) in [6.07, 6.45) is 1.23. The van der Waals surface area contributed by atoms with Gasteiger partial charge in [-0.1, -0.05) is 25.4 Å². The van der Waals surface area contributed by atoms with Crippen molar-refractivity contribution in [1.29, 1.82) is 0 Å². The van der Waals surface area contributed by atoms with Gasteiger partial charge in [-0.15, -0.1) is 0 Å². The van der Waals surface area contributed by atoms with E-state index in [1.165, 1.54) is 18.3 Å². The van der Waals surface area contributed by atoms with Crippen LogP contribution in [0.1, 0.15) is 27.2 Å². The van der Waals surface area contributed by atoms with Crippen LogP contribution in [0.15, 0.2) is 23.2 Å². The molecule has 130 valence electrons. The fraction of sp³-hybridized carbons (Fsp3) is 0.571. The Kier molecular flexibility index (Phi) is 7.74. The van der Waals surface area contributed by atoms with Crippen LogP contribution < -0.4 is 10.0 Å². The molecule has 0 fully saturated rings. The van der Waals surface area contributed by atoms with Gasteiger partial charge in [-0.25, -0.2) is 22.9 Å². The number of hydrogen-bond donors (Lipinski definition) is 2. The lowest BCUT2D eigenvalue weighted by molar-refractivity contribution is 0.146. The number of carbonyl (C=O) groups is 1. The summed E-state index contributed by atoms with van der Waals surface area (Å²) in [7, 11) is -3.72. The molecule has 7 nitrogen and oxygen atoms in total. The molecular formula is C14H22ClN3O4S. The molecule has 1 unspecified atom stereocenters. The van der Waals surface area contributed by atoms with Gasteiger partial charge in [0.15, 0.2) is 0 Å². The van der Waals surface area contributed by atoms with Crippen LogP contribution in [0.25, 0.3) is 0 Å². The molecule has 0 saturated carbocycles. The number of alkyl carbamates (subject to hydrolysis) is 1. The Morgan fingerprint density at radius 2 is 2.09 bits per heavy atom. The fourth-order valence-corrected chi connectivity index (χ4v) is 3.05. The average Bonchev–Trinajstić information content (AvgIpc) is 2.45. The van der Waals surface area contributed by atoms with Crippen molar-refractivity contribution in [2.75, 3.05) is 13.2 Å². The topological polar surface area (TPSA) is 97.4 Å². The van der Waals surface area contributed by atoms with Crippen LogP contribution in [0.4, 0.5) is 4.79 Å². The second-order valence-corrected chi connectivity index (χ2v) is 7.51. The highest BCUT2D eigenvalue weighted by atomic mass is 35.5. The predicted octanol–water partition coefficient (Wildman–Crippen LogP) is 2.17. The molecule has 0 bridgehead atoms. The molecule has 1 rings (SSSR count). The first-order valence-corrected chi connectivity index (χ1v) is 9.15. The third-order valence-corrected chi connectivity index (χ3v) is 4.52. The van der Waals surface area contributed by atoms with Crippen molar-refractivity contribution in [2.45, 2.75) is 38.1 Å². The van der Waals surface area contributed by atoms with E-state index in [-0.39, 0.29) is 35.2 Å². The van der Waals surface area contributed by atoms with E-state index in [4.69, 9.17) is 16.3 Å². The van der Waals surface area contributed by atoms with Crippen molar-refractivity contribution in [3.63, 3.8) is 0 Å². The molecular weight excluding hydrogens is 342 g/mol. The normalized spacial score (nSPS) is 12.9. The maximum Gasteiger partial charge on any atom is 0.407 e. The van der Waals surface area contributed by atoms with Crippen molar-refractivity contribution in [1.82, 2.24) is 15.0 Å². The lowest BCUT2D eigenvalue weighted by atomic mass is 10.0. The smallest absolute Gasteiger partial charge is 0.407 e. The quantitative estimate of drug-likeness (QED) is 0.690. The van der Waals surface area contributed by atoms with Crippen LogP contribution in [-0.2, 0) is 14.8 Å². The van der Waals surface area contributed by atoms with Crippen LogP contribution in [0.3, 0.4) is 0 Å². The minimum atomic E-state index is -3.72. The van der Waals surface area contributed by atoms with Crippen molar-refractivity contribution < 1.29 is 17.9 Å². The molecule has 2 N–H and O–H groups in total. The van der Waals surface area contributed by atoms with Gasteiger partial charge >= 0.3 is 6.09 Å². The van der Waals surface area contributed by atoms with Gasteiger partial charge in [0.05, 0.1) is 6.61 Å². The highest BCUT2D eigenvalue weighted by Gasteiger charge is 2.20. The maximum absolute atomic E-state index is 12.2. The molecule has 0 aliphatic rings. The van der Waals surface area contributed by atoms with E-state index in [1.807, 2.05) is 13.8 Å². The van der Waals surface area contributed by atoms with Crippen molar-refractivity contribution in [2.24, 2.45) is 5.92 Å². The summed E-state index contributed by atoms with van der Waals surface area (Å²) in [6, 6.07) is 2.40. The second-order valence-electron chi connectivity index (χ2n) is 5.36. The molecule has 0 aliphatic heterocycles. The highest BCUT2D eigenvalue weighted by Crippen LogP contribution is 2.11. The molecule has 1 aromatic rings. The number of hydrogen-bond acceptors (Lipinski definition) is 5. The molecule has 0 spiro atoms. The van der Waals surface area contributed by atoms with E-state index in [2.05, 4.69) is 15.0 Å². The molecule has 23 heavy (non-hydrogen) atoms. The number of ether oxygens (including phenoxy) is 1. The first-order valence-electron chi connectivity index (χ1n) is 7.29. The number of nitrogens with zero attached hydrogens (tertiary/aromatic N) is 1. The minimum Gasteiger partial charge on any atom is -0.450 e. The SMILES string of the molecule is CCOC(=O)NC(CNS(=O)(=O)c1ccc(Cl)nc1)CC(C)C. The van der Waals surface area contributed by atoms with Gasteiger partial charge in [0.1, 0.15) is 10.0 Å². The van der Waals surface area contributed by atoms with Crippen LogP contribution >= 0.6 is 11.6 Å². The summed E-state index contributed by atoms with van der Waals surface area (Å²) in [6.45, 7) is 5.98. The van der Waals surface area contributed by atoms with E-state index < -0.39 is 16.1 Å². The number of sulfonamides is 1. The Hall–Kier alpha value is -1.38. The fourth-order valence-electron chi connectivity index (χ4n) is 1.92. The van der Waals surface area contributed by atoms with Crippen molar-refractivity contribution >= 4 is 27.7 Å². The Morgan fingerprint density at radius 3 is 2.61 bits per heavy atom. The number of rotatable bonds is 8. The summed E-state index contributed by atoms with van der Waals surface area (Å²) in [5.41, 5.74) is 0. The third kappa shape index (κ3) is 7.15. The van der Waals surface area contributed by atoms with Crippen LogP contribution in [0, 0.1) is 5.92 Å². The molecule has 1 atom stereocenters. The number of amides is 1. The molecule has 0 aromatic carbocycles. The Morgan fingerprint density at radius 1 is 1.39 bits per heavy atom. The number of aromatic nitrogens is 1. The second kappa shape index (κ2) is 9.05. The van der Waals surface area contributed by atoms with E-state index in [0.717, 1.165) is 0 Å². The minimum absolute atomic E-state index is 0.0151. The largest absolute Gasteiger partial charge is 0.450 e. The number of pyridine rings is 1. The van der Waals surface area contributed by atoms with Crippen molar-refractivity contribution in [3.8, 4) is 0 Å². The molecule has 1 aromatic heterocycles. The van der Waals surface area contributed by atoms with E-state index in [0.29, 0.717) is 6.42 Å². The highest BCUT2D eigenvalue weighted by molar-refractivity contribution is 7.89. The summed E-state index contributed by atoms with van der Waals surface area (Å²) >= 11 is 5.65. The zero-order valence-electron chi connectivity index (χ0n) is 13.4. The average molecular weight is 364 g/mol. The molecule has 9 heteroatoms. The molecule has 1 heterocycles. The van der Waals surface area contributed by atoms with Gasteiger partial charge in [0.2, 0.25) is 10.0 Å². The van der Waals surface area contributed by atoms with Gasteiger partial charge in [-0.05, 0) is 31.4 Å². The number of halogens is 1. The Labute approximate surface area is 141 Å². The first kappa shape index (κ1) is 19.7. The van der Waals surface area contributed by atoms with Crippen LogP contribution in [0.2, 0.25) is 5.15 Å². The van der Waals surface area contributed by atoms with E-state index in [9.17, 15) is 13.2 Å². The van der Waals surface area contributed by atoms with E-state index in [1.54, 1.807) is 6.92 Å². The summed E-state index contributed by atoms with van der Waals surface area (Å²) in [5.74, 6) is 0.281. The standard InChI is InChI=1S/C14H22ClN3O4S/c1-4-22-14(19)18-11(7-10(2)3)8-17-23(20,21)12-5-6-13(15)16-9-12/h5-6,9-11,17H,4,7-8H2,1-3H3,(H,18,19). The Balaban J connectivity index is 2.71. The van der Waals surface area contributed by atoms with Gasteiger partial charge in [0.25, 0.3) is 0 Å². The lowest BCUT2D eigenvalue weighted by Gasteiger charge is -2.20. The monoisotopic (exact) mass is 363 g/mol. The Bertz CT molecular complexity index is 605. The maximum atomic E-state index is 12.2. The van der Waals surface area contributed by atoms with E-state index >= 15 is 0 Å². The molecule has 0 aliphatic carbocycles. The van der Waals surface area contributed by atoms with Crippen LogP contribution in [-0.4, -0.2) is 38.7 Å². The third-order valence-electron chi connectivity index (χ3n) is 2.88. The zero-order valence-corrected chi connectivity index (χ0v) is 14.9. The van der Waals surface area contributed by atoms with Gasteiger partial charge in [-0.2, -0.15) is 0 Å². The summed E-state index contributed by atoms with van der Waals surface area (Å²) in [5, 5.41) is 2.87. The first-order chi connectivity index (χ1) is 10.7. The van der Waals surface area contributed by atoms with Gasteiger partial charge in [0, 0.05) is 18.8 Å². The molecule has 1 amide bonds. The molecule has 0 radical (unpaired) electrons. The number of nitrogens with one attached hydrogen (secondary N) is 2. The van der Waals surface area contributed by atoms with Gasteiger partial charge < -0.3 is 10.1 Å².